The van der Waals surface area contributed by atoms with Gasteiger partial charge in [-0.25, -0.2) is 8.42 Å². The van der Waals surface area contributed by atoms with Gasteiger partial charge in [-0.05, 0) is 41.0 Å². The van der Waals surface area contributed by atoms with Crippen LogP contribution in [0, 0.1) is 0 Å². The average molecular weight is 544 g/mol. The molecule has 3 aromatic carbocycles. The molecule has 1 N–H and O–H groups in total. The molecule has 0 heterocycles. The van der Waals surface area contributed by atoms with Gasteiger partial charge in [0.05, 0.1) is 19.9 Å². The Kier molecular flexibility index (Phi) is 9.68. The van der Waals surface area contributed by atoms with Gasteiger partial charge < -0.3 is 15.0 Å². The highest BCUT2D eigenvalue weighted by Gasteiger charge is 2.32. The molecule has 0 fully saturated rings. The molecule has 0 aliphatic rings. The summed E-state index contributed by atoms with van der Waals surface area (Å²) in [6.45, 7) is -0.107. The monoisotopic (exact) mass is 543 g/mol. The predicted octanol–water partition coefficient (Wildman–Crippen LogP) is 3.63. The van der Waals surface area contributed by atoms with E-state index in [4.69, 9.17) is 16.3 Å². The van der Waals surface area contributed by atoms with Gasteiger partial charge in [0.15, 0.2) is 0 Å². The molecule has 0 aromatic heterocycles. The fourth-order valence-corrected chi connectivity index (χ4v) is 4.12. The second kappa shape index (κ2) is 12.7. The third-order valence-corrected chi connectivity index (χ3v) is 7.33. The summed E-state index contributed by atoms with van der Waals surface area (Å²) in [6, 6.07) is 22.1. The van der Waals surface area contributed by atoms with Crippen LogP contribution in [0.4, 0.5) is 0 Å². The standard InChI is InChI=1S/C27H30ClN3O5S/c1-30(37(3,34)35)19-25(32)31(18-21-11-15-24(36-2)16-12-21)26(22-7-5-4-6-8-22)27(33)29-17-20-9-13-23(28)14-10-20/h4-16,26H,17-19H2,1-3H3,(H,29,33). The molecule has 0 radical (unpaired) electrons. The second-order valence-electron chi connectivity index (χ2n) is 8.55. The van der Waals surface area contributed by atoms with Crippen LogP contribution in [0.3, 0.4) is 0 Å². The minimum atomic E-state index is -3.62. The molecule has 196 valence electrons. The number of amides is 2. The number of nitrogens with zero attached hydrogens (tertiary/aromatic N) is 2. The zero-order chi connectivity index (χ0) is 27.0. The van der Waals surface area contributed by atoms with Gasteiger partial charge in [0.2, 0.25) is 21.8 Å². The van der Waals surface area contributed by atoms with E-state index < -0.39 is 34.4 Å². The van der Waals surface area contributed by atoms with Crippen molar-refractivity contribution < 1.29 is 22.7 Å². The minimum Gasteiger partial charge on any atom is -0.497 e. The first-order chi connectivity index (χ1) is 17.6. The number of nitrogens with one attached hydrogen (secondary N) is 1. The van der Waals surface area contributed by atoms with Gasteiger partial charge in [0.25, 0.3) is 0 Å². The fraction of sp³-hybridized carbons (Fsp3) is 0.259. The van der Waals surface area contributed by atoms with Crippen LogP contribution < -0.4 is 10.1 Å². The SMILES string of the molecule is COc1ccc(CN(C(=O)CN(C)S(C)(=O)=O)C(C(=O)NCc2ccc(Cl)cc2)c2ccccc2)cc1. The molecule has 0 spiro atoms. The maximum Gasteiger partial charge on any atom is 0.247 e. The maximum atomic E-state index is 13.6. The molecular weight excluding hydrogens is 514 g/mol. The number of benzene rings is 3. The zero-order valence-electron chi connectivity index (χ0n) is 20.9. The molecule has 0 aliphatic heterocycles. The first-order valence-electron chi connectivity index (χ1n) is 11.5. The molecule has 0 bridgehead atoms. The molecule has 2 amide bonds. The molecule has 10 heteroatoms. The van der Waals surface area contributed by atoms with Crippen LogP contribution in [0.2, 0.25) is 5.02 Å². The van der Waals surface area contributed by atoms with E-state index in [0.29, 0.717) is 16.3 Å². The van der Waals surface area contributed by atoms with E-state index in [2.05, 4.69) is 5.32 Å². The van der Waals surface area contributed by atoms with Crippen molar-refractivity contribution in [1.29, 1.82) is 0 Å². The van der Waals surface area contributed by atoms with Gasteiger partial charge in [-0.1, -0.05) is 66.2 Å². The summed E-state index contributed by atoms with van der Waals surface area (Å²) >= 11 is 5.96. The molecule has 3 aromatic rings. The molecule has 1 unspecified atom stereocenters. The molecule has 0 aliphatic carbocycles. The van der Waals surface area contributed by atoms with Gasteiger partial charge >= 0.3 is 0 Å². The number of sulfonamides is 1. The van der Waals surface area contributed by atoms with Crippen molar-refractivity contribution in [3.63, 3.8) is 0 Å². The third kappa shape index (κ3) is 8.04. The van der Waals surface area contributed by atoms with E-state index in [1.165, 1.54) is 11.9 Å². The lowest BCUT2D eigenvalue weighted by Crippen LogP contribution is -2.47. The van der Waals surface area contributed by atoms with E-state index in [1.54, 1.807) is 67.8 Å². The number of carbonyl (C=O) groups is 2. The summed E-state index contributed by atoms with van der Waals surface area (Å²) in [5.74, 6) is -0.261. The Morgan fingerprint density at radius 1 is 0.946 bits per heavy atom. The number of methoxy groups -OCH3 is 1. The minimum absolute atomic E-state index is 0.0777. The van der Waals surface area contributed by atoms with Gasteiger partial charge in [-0.2, -0.15) is 4.31 Å². The number of hydrogen-bond acceptors (Lipinski definition) is 5. The molecule has 0 saturated heterocycles. The molecule has 3 rings (SSSR count). The van der Waals surface area contributed by atoms with Crippen LogP contribution in [-0.4, -0.2) is 56.4 Å². The maximum absolute atomic E-state index is 13.6. The Hall–Kier alpha value is -3.40. The second-order valence-corrected chi connectivity index (χ2v) is 11.1. The quantitative estimate of drug-likeness (QED) is 0.398. The topological polar surface area (TPSA) is 96.0 Å². The molecule has 1 atom stereocenters. The van der Waals surface area contributed by atoms with Crippen LogP contribution in [0.15, 0.2) is 78.9 Å². The van der Waals surface area contributed by atoms with Gasteiger partial charge in [-0.3, -0.25) is 9.59 Å². The van der Waals surface area contributed by atoms with Crippen molar-refractivity contribution in [2.75, 3.05) is 27.0 Å². The molecule has 37 heavy (non-hydrogen) atoms. The highest BCUT2D eigenvalue weighted by molar-refractivity contribution is 7.88. The Morgan fingerprint density at radius 2 is 1.54 bits per heavy atom. The van der Waals surface area contributed by atoms with Crippen molar-refractivity contribution in [1.82, 2.24) is 14.5 Å². The molecule has 0 saturated carbocycles. The predicted molar refractivity (Wildman–Crippen MR) is 143 cm³/mol. The normalized spacial score (nSPS) is 12.1. The van der Waals surface area contributed by atoms with Crippen molar-refractivity contribution in [3.05, 3.63) is 101 Å². The zero-order valence-corrected chi connectivity index (χ0v) is 22.5. The lowest BCUT2D eigenvalue weighted by atomic mass is 10.0. The Bertz CT molecular complexity index is 1300. The summed E-state index contributed by atoms with van der Waals surface area (Å²) in [5, 5.41) is 3.50. The number of hydrogen-bond donors (Lipinski definition) is 1. The Labute approximate surface area is 222 Å². The van der Waals surface area contributed by atoms with E-state index in [1.807, 2.05) is 18.2 Å². The number of halogens is 1. The smallest absolute Gasteiger partial charge is 0.247 e. The summed E-state index contributed by atoms with van der Waals surface area (Å²) in [7, 11) is -0.728. The highest BCUT2D eigenvalue weighted by atomic mass is 35.5. The first kappa shape index (κ1) is 28.2. The third-order valence-electron chi connectivity index (χ3n) is 5.81. The average Bonchev–Trinajstić information content (AvgIpc) is 2.88. The van der Waals surface area contributed by atoms with Crippen LogP contribution in [0.5, 0.6) is 5.75 Å². The lowest BCUT2D eigenvalue weighted by molar-refractivity contribution is -0.141. The summed E-state index contributed by atoms with van der Waals surface area (Å²) < 4.78 is 30.2. The van der Waals surface area contributed by atoms with Gasteiger partial charge in [0.1, 0.15) is 11.8 Å². The summed E-state index contributed by atoms with van der Waals surface area (Å²) in [4.78, 5) is 28.6. The van der Waals surface area contributed by atoms with Crippen molar-refractivity contribution in [3.8, 4) is 5.75 Å². The number of carbonyl (C=O) groups excluding carboxylic acids is 2. The van der Waals surface area contributed by atoms with Crippen LogP contribution in [-0.2, 0) is 32.7 Å². The van der Waals surface area contributed by atoms with Gasteiger partial charge in [0, 0.05) is 25.2 Å². The Balaban J connectivity index is 1.97. The summed E-state index contributed by atoms with van der Waals surface area (Å²) in [5.41, 5.74) is 2.19. The van der Waals surface area contributed by atoms with Gasteiger partial charge in [-0.15, -0.1) is 0 Å². The van der Waals surface area contributed by atoms with Crippen LogP contribution in [0.25, 0.3) is 0 Å². The van der Waals surface area contributed by atoms with E-state index in [9.17, 15) is 18.0 Å². The van der Waals surface area contributed by atoms with E-state index in [0.717, 1.165) is 21.7 Å². The largest absolute Gasteiger partial charge is 0.497 e. The van der Waals surface area contributed by atoms with Crippen molar-refractivity contribution in [2.24, 2.45) is 0 Å². The van der Waals surface area contributed by atoms with Crippen LogP contribution in [0.1, 0.15) is 22.7 Å². The summed E-state index contributed by atoms with van der Waals surface area (Å²) in [6.07, 6.45) is 1.03. The number of rotatable bonds is 11. The van der Waals surface area contributed by atoms with Crippen LogP contribution >= 0.6 is 11.6 Å². The fourth-order valence-electron chi connectivity index (χ4n) is 3.65. The number of ether oxygens (including phenoxy) is 1. The van der Waals surface area contributed by atoms with Crippen molar-refractivity contribution in [2.45, 2.75) is 19.1 Å². The molecular formula is C27H30ClN3O5S. The first-order valence-corrected chi connectivity index (χ1v) is 13.7. The Morgan fingerprint density at radius 3 is 2.11 bits per heavy atom. The van der Waals surface area contributed by atoms with E-state index in [-0.39, 0.29) is 13.1 Å². The number of likely N-dealkylation sites (N-methyl/N-ethyl adjacent to an activating group) is 1. The van der Waals surface area contributed by atoms with E-state index >= 15 is 0 Å². The lowest BCUT2D eigenvalue weighted by Gasteiger charge is -2.32. The van der Waals surface area contributed by atoms with Crippen molar-refractivity contribution >= 4 is 33.4 Å². The molecule has 8 nitrogen and oxygen atoms in total. The highest BCUT2D eigenvalue weighted by Crippen LogP contribution is 2.25.